The monoisotopic (exact) mass is 259 g/mol. The van der Waals surface area contributed by atoms with Crippen molar-refractivity contribution in [1.82, 2.24) is 0 Å². The van der Waals surface area contributed by atoms with Gasteiger partial charge in [0.25, 0.3) is 0 Å². The molecule has 0 bridgehead atoms. The van der Waals surface area contributed by atoms with Crippen LogP contribution in [0.15, 0.2) is 71.1 Å². The number of hydrogen-bond acceptors (Lipinski definition) is 2. The van der Waals surface area contributed by atoms with Crippen LogP contribution in [0.1, 0.15) is 0 Å². The Kier molecular flexibility index (Phi) is 2.30. The summed E-state index contributed by atoms with van der Waals surface area (Å²) in [5.41, 5.74) is 10.8. The molecule has 0 spiro atoms. The van der Waals surface area contributed by atoms with Crippen LogP contribution in [0.3, 0.4) is 0 Å². The van der Waals surface area contributed by atoms with Crippen molar-refractivity contribution in [3.05, 3.63) is 66.7 Å². The summed E-state index contributed by atoms with van der Waals surface area (Å²) in [7, 11) is 0. The summed E-state index contributed by atoms with van der Waals surface area (Å²) in [5, 5.41) is 2.17. The maximum absolute atomic E-state index is 5.88. The second-order valence-electron chi connectivity index (χ2n) is 4.93. The number of fused-ring (bicyclic) bond motifs is 3. The van der Waals surface area contributed by atoms with E-state index in [1.165, 1.54) is 11.1 Å². The van der Waals surface area contributed by atoms with E-state index in [1.807, 2.05) is 42.5 Å². The van der Waals surface area contributed by atoms with Crippen LogP contribution in [0, 0.1) is 0 Å². The molecule has 0 saturated heterocycles. The maximum Gasteiger partial charge on any atom is 0.135 e. The first-order valence-electron chi connectivity index (χ1n) is 6.58. The molecule has 0 saturated carbocycles. The van der Waals surface area contributed by atoms with Gasteiger partial charge in [0, 0.05) is 16.5 Å². The highest BCUT2D eigenvalue weighted by molar-refractivity contribution is 6.07. The van der Waals surface area contributed by atoms with Crippen molar-refractivity contribution in [1.29, 1.82) is 0 Å². The van der Waals surface area contributed by atoms with Crippen molar-refractivity contribution in [2.24, 2.45) is 0 Å². The first kappa shape index (κ1) is 11.1. The summed E-state index contributed by atoms with van der Waals surface area (Å²) in [6.07, 6.45) is 0. The zero-order valence-corrected chi connectivity index (χ0v) is 10.8. The van der Waals surface area contributed by atoms with E-state index >= 15 is 0 Å². The summed E-state index contributed by atoms with van der Waals surface area (Å²) in [4.78, 5) is 0. The lowest BCUT2D eigenvalue weighted by atomic mass is 10.0. The molecule has 3 aromatic carbocycles. The van der Waals surface area contributed by atoms with Crippen LogP contribution < -0.4 is 5.73 Å². The van der Waals surface area contributed by atoms with Gasteiger partial charge in [-0.05, 0) is 41.5 Å². The van der Waals surface area contributed by atoms with Crippen molar-refractivity contribution < 1.29 is 4.42 Å². The lowest BCUT2D eigenvalue weighted by Crippen LogP contribution is -1.82. The van der Waals surface area contributed by atoms with Gasteiger partial charge in [-0.25, -0.2) is 0 Å². The molecule has 2 N–H and O–H groups in total. The Balaban J connectivity index is 2.03. The average molecular weight is 259 g/mol. The predicted octanol–water partition coefficient (Wildman–Crippen LogP) is 4.84. The van der Waals surface area contributed by atoms with Crippen LogP contribution in [-0.2, 0) is 0 Å². The van der Waals surface area contributed by atoms with Crippen molar-refractivity contribution in [3.63, 3.8) is 0 Å². The summed E-state index contributed by atoms with van der Waals surface area (Å²) in [5.74, 6) is 0. The minimum Gasteiger partial charge on any atom is -0.456 e. The fourth-order valence-electron chi connectivity index (χ4n) is 2.61. The fraction of sp³-hybridized carbons (Fsp3) is 0. The topological polar surface area (TPSA) is 39.2 Å². The maximum atomic E-state index is 5.88. The van der Waals surface area contributed by atoms with Gasteiger partial charge in [-0.2, -0.15) is 0 Å². The van der Waals surface area contributed by atoms with Gasteiger partial charge in [0.15, 0.2) is 0 Å². The number of anilines is 1. The lowest BCUT2D eigenvalue weighted by Gasteiger charge is -2.01. The van der Waals surface area contributed by atoms with Crippen molar-refractivity contribution >= 4 is 27.6 Å². The van der Waals surface area contributed by atoms with Gasteiger partial charge in [-0.1, -0.05) is 36.4 Å². The largest absolute Gasteiger partial charge is 0.456 e. The number of rotatable bonds is 1. The molecule has 0 unspecified atom stereocenters. The smallest absolute Gasteiger partial charge is 0.135 e. The summed E-state index contributed by atoms with van der Waals surface area (Å²) < 4.78 is 5.84. The third-order valence-corrected chi connectivity index (χ3v) is 3.60. The van der Waals surface area contributed by atoms with Crippen LogP contribution in [0.2, 0.25) is 0 Å². The van der Waals surface area contributed by atoms with E-state index in [-0.39, 0.29) is 0 Å². The second-order valence-corrected chi connectivity index (χ2v) is 4.93. The van der Waals surface area contributed by atoms with E-state index in [9.17, 15) is 0 Å². The molecule has 2 heteroatoms. The van der Waals surface area contributed by atoms with E-state index in [4.69, 9.17) is 10.2 Å². The second kappa shape index (κ2) is 4.14. The third-order valence-electron chi connectivity index (χ3n) is 3.60. The van der Waals surface area contributed by atoms with Gasteiger partial charge < -0.3 is 10.2 Å². The Morgan fingerprint density at radius 3 is 2.15 bits per heavy atom. The van der Waals surface area contributed by atoms with E-state index in [1.54, 1.807) is 0 Å². The molecule has 0 aliphatic heterocycles. The quantitative estimate of drug-likeness (QED) is 0.497. The molecule has 0 radical (unpaired) electrons. The first-order chi connectivity index (χ1) is 9.81. The number of nitrogens with two attached hydrogens (primary N) is 1. The minimum atomic E-state index is 0.755. The Bertz CT molecular complexity index is 907. The predicted molar refractivity (Wildman–Crippen MR) is 83.6 cm³/mol. The van der Waals surface area contributed by atoms with E-state index < -0.39 is 0 Å². The van der Waals surface area contributed by atoms with Crippen LogP contribution in [-0.4, -0.2) is 0 Å². The van der Waals surface area contributed by atoms with E-state index in [0.29, 0.717) is 0 Å². The minimum absolute atomic E-state index is 0.755. The Morgan fingerprint density at radius 2 is 1.35 bits per heavy atom. The molecule has 0 atom stereocenters. The summed E-state index contributed by atoms with van der Waals surface area (Å²) in [6.45, 7) is 0. The zero-order valence-electron chi connectivity index (χ0n) is 10.8. The molecule has 0 aliphatic rings. The Labute approximate surface area is 116 Å². The molecule has 4 aromatic rings. The standard InChI is InChI=1S/C18H13NO/c19-14-7-9-18-16(11-14)15-10-13(6-8-17(15)20-18)12-4-2-1-3-5-12/h1-11H,19H2. The molecule has 1 heterocycles. The zero-order chi connectivity index (χ0) is 13.5. The normalized spacial score (nSPS) is 11.2. The molecule has 1 aromatic heterocycles. The van der Waals surface area contributed by atoms with Crippen LogP contribution >= 0.6 is 0 Å². The summed E-state index contributed by atoms with van der Waals surface area (Å²) in [6, 6.07) is 22.4. The van der Waals surface area contributed by atoms with Crippen molar-refractivity contribution in [2.45, 2.75) is 0 Å². The van der Waals surface area contributed by atoms with Gasteiger partial charge in [-0.3, -0.25) is 0 Å². The third kappa shape index (κ3) is 1.66. The number of nitrogen functional groups attached to an aromatic ring is 1. The molecule has 0 fully saturated rings. The molecule has 20 heavy (non-hydrogen) atoms. The number of furan rings is 1. The van der Waals surface area contributed by atoms with E-state index in [0.717, 1.165) is 27.6 Å². The number of hydrogen-bond donors (Lipinski definition) is 1. The van der Waals surface area contributed by atoms with Crippen LogP contribution in [0.5, 0.6) is 0 Å². The SMILES string of the molecule is Nc1ccc2oc3ccc(-c4ccccc4)cc3c2c1. The fourth-order valence-corrected chi connectivity index (χ4v) is 2.61. The molecule has 0 amide bonds. The number of benzene rings is 3. The molecule has 4 rings (SSSR count). The Morgan fingerprint density at radius 1 is 0.650 bits per heavy atom. The first-order valence-corrected chi connectivity index (χ1v) is 6.58. The highest BCUT2D eigenvalue weighted by atomic mass is 16.3. The average Bonchev–Trinajstić information content (AvgIpc) is 2.85. The van der Waals surface area contributed by atoms with E-state index in [2.05, 4.69) is 24.3 Å². The van der Waals surface area contributed by atoms with Crippen molar-refractivity contribution in [3.8, 4) is 11.1 Å². The molecule has 2 nitrogen and oxygen atoms in total. The molecular weight excluding hydrogens is 246 g/mol. The van der Waals surface area contributed by atoms with Gasteiger partial charge in [0.05, 0.1) is 0 Å². The molecule has 0 aliphatic carbocycles. The van der Waals surface area contributed by atoms with Gasteiger partial charge >= 0.3 is 0 Å². The Hall–Kier alpha value is -2.74. The highest BCUT2D eigenvalue weighted by Crippen LogP contribution is 2.33. The molecule has 96 valence electrons. The van der Waals surface area contributed by atoms with Crippen LogP contribution in [0.25, 0.3) is 33.1 Å². The van der Waals surface area contributed by atoms with Crippen molar-refractivity contribution in [2.75, 3.05) is 5.73 Å². The van der Waals surface area contributed by atoms with Gasteiger partial charge in [0.1, 0.15) is 11.2 Å². The molecular formula is C18H13NO. The van der Waals surface area contributed by atoms with Gasteiger partial charge in [-0.15, -0.1) is 0 Å². The van der Waals surface area contributed by atoms with Crippen LogP contribution in [0.4, 0.5) is 5.69 Å². The highest BCUT2D eigenvalue weighted by Gasteiger charge is 2.08. The summed E-state index contributed by atoms with van der Waals surface area (Å²) >= 11 is 0. The lowest BCUT2D eigenvalue weighted by molar-refractivity contribution is 0.669. The van der Waals surface area contributed by atoms with Gasteiger partial charge in [0.2, 0.25) is 0 Å².